The van der Waals surface area contributed by atoms with Gasteiger partial charge in [0, 0.05) is 5.57 Å². The first kappa shape index (κ1) is 11.5. The highest BCUT2D eigenvalue weighted by molar-refractivity contribution is 7.22. The van der Waals surface area contributed by atoms with Crippen LogP contribution in [0.3, 0.4) is 0 Å². The largest absolute Gasteiger partial charge is 0.298 e. The minimum Gasteiger partial charge on any atom is -0.298 e. The molecule has 0 saturated carbocycles. The van der Waals surface area contributed by atoms with Gasteiger partial charge < -0.3 is 0 Å². The summed E-state index contributed by atoms with van der Waals surface area (Å²) in [5, 5.41) is 3.37. The Labute approximate surface area is 103 Å². The van der Waals surface area contributed by atoms with E-state index in [2.05, 4.69) is 16.9 Å². The van der Waals surface area contributed by atoms with E-state index in [0.29, 0.717) is 10.7 Å². The van der Waals surface area contributed by atoms with Gasteiger partial charge in [0.1, 0.15) is 0 Å². The first-order valence-corrected chi connectivity index (χ1v) is 6.02. The van der Waals surface area contributed by atoms with Crippen LogP contribution in [0.1, 0.15) is 6.92 Å². The summed E-state index contributed by atoms with van der Waals surface area (Å²) in [7, 11) is 0. The number of fused-ring (bicyclic) bond motifs is 1. The zero-order valence-electron chi connectivity index (χ0n) is 9.43. The smallest absolute Gasteiger partial charge is 0.257 e. The molecule has 1 heterocycles. The van der Waals surface area contributed by atoms with Crippen molar-refractivity contribution in [3.05, 3.63) is 48.6 Å². The molecule has 0 bridgehead atoms. The minimum atomic E-state index is -0.179. The van der Waals surface area contributed by atoms with Crippen molar-refractivity contribution in [1.29, 1.82) is 0 Å². The number of benzene rings is 1. The lowest BCUT2D eigenvalue weighted by molar-refractivity contribution is -0.112. The predicted octanol–water partition coefficient (Wildman–Crippen LogP) is 3.37. The summed E-state index contributed by atoms with van der Waals surface area (Å²) in [6, 6.07) is 7.78. The van der Waals surface area contributed by atoms with Crippen molar-refractivity contribution in [2.45, 2.75) is 6.92 Å². The zero-order valence-corrected chi connectivity index (χ0v) is 10.3. The van der Waals surface area contributed by atoms with Crippen LogP contribution in [-0.2, 0) is 4.79 Å². The maximum atomic E-state index is 11.8. The molecule has 0 aliphatic heterocycles. The molecule has 2 rings (SSSR count). The molecule has 1 amide bonds. The van der Waals surface area contributed by atoms with E-state index in [9.17, 15) is 4.79 Å². The second-order valence-corrected chi connectivity index (χ2v) is 4.42. The highest BCUT2D eigenvalue weighted by Gasteiger charge is 2.08. The van der Waals surface area contributed by atoms with Gasteiger partial charge in [0.15, 0.2) is 5.13 Å². The normalized spacial score (nSPS) is 11.5. The van der Waals surface area contributed by atoms with Crippen LogP contribution in [0.5, 0.6) is 0 Å². The maximum Gasteiger partial charge on any atom is 0.257 e. The molecule has 0 aliphatic rings. The fourth-order valence-electron chi connectivity index (χ4n) is 1.44. The molecular formula is C13H12N2OS. The summed E-state index contributed by atoms with van der Waals surface area (Å²) < 4.78 is 1.06. The number of aromatic nitrogens is 1. The summed E-state index contributed by atoms with van der Waals surface area (Å²) in [5.41, 5.74) is 1.44. The number of anilines is 1. The lowest BCUT2D eigenvalue weighted by Crippen LogP contribution is -2.12. The third kappa shape index (κ3) is 2.42. The van der Waals surface area contributed by atoms with E-state index in [4.69, 9.17) is 0 Å². The number of nitrogens with one attached hydrogen (secondary N) is 1. The van der Waals surface area contributed by atoms with Crippen molar-refractivity contribution in [3.8, 4) is 0 Å². The topological polar surface area (TPSA) is 42.0 Å². The zero-order chi connectivity index (χ0) is 12.3. The van der Waals surface area contributed by atoms with Crippen LogP contribution in [0.15, 0.2) is 48.6 Å². The average molecular weight is 244 g/mol. The number of nitrogens with zero attached hydrogens (tertiary/aromatic N) is 1. The van der Waals surface area contributed by atoms with Gasteiger partial charge in [0.2, 0.25) is 0 Å². The number of thiazole rings is 1. The molecule has 4 heteroatoms. The molecule has 86 valence electrons. The third-order valence-corrected chi connectivity index (χ3v) is 3.26. The lowest BCUT2D eigenvalue weighted by atomic mass is 10.2. The van der Waals surface area contributed by atoms with Gasteiger partial charge in [-0.15, -0.1) is 0 Å². The second-order valence-electron chi connectivity index (χ2n) is 3.39. The Morgan fingerprint density at radius 3 is 2.88 bits per heavy atom. The van der Waals surface area contributed by atoms with Crippen molar-refractivity contribution in [2.24, 2.45) is 0 Å². The quantitative estimate of drug-likeness (QED) is 0.664. The molecule has 0 atom stereocenters. The Morgan fingerprint density at radius 1 is 1.47 bits per heavy atom. The number of carbonyl (C=O) groups is 1. The number of allylic oxidation sites excluding steroid dienone is 1. The van der Waals surface area contributed by atoms with Gasteiger partial charge in [-0.2, -0.15) is 0 Å². The van der Waals surface area contributed by atoms with E-state index < -0.39 is 0 Å². The molecule has 3 nitrogen and oxygen atoms in total. The summed E-state index contributed by atoms with van der Waals surface area (Å²) in [4.78, 5) is 16.1. The predicted molar refractivity (Wildman–Crippen MR) is 72.2 cm³/mol. The molecule has 1 N–H and O–H groups in total. The molecule has 2 aromatic rings. The van der Waals surface area contributed by atoms with E-state index >= 15 is 0 Å². The standard InChI is InChI=1S/C13H12N2OS/c1-3-9(4-2)12(16)15-13-14-10-7-5-6-8-11(10)17-13/h3-8H,1H2,2H3,(H,14,15,16)/b9-4+. The number of amides is 1. The molecule has 0 unspecified atom stereocenters. The average Bonchev–Trinajstić information content (AvgIpc) is 2.72. The van der Waals surface area contributed by atoms with E-state index in [1.54, 1.807) is 13.0 Å². The number of para-hydroxylation sites is 1. The van der Waals surface area contributed by atoms with Crippen molar-refractivity contribution in [3.63, 3.8) is 0 Å². The van der Waals surface area contributed by atoms with Crippen molar-refractivity contribution in [2.75, 3.05) is 5.32 Å². The highest BCUT2D eigenvalue weighted by atomic mass is 32.1. The van der Waals surface area contributed by atoms with Crippen LogP contribution < -0.4 is 5.32 Å². The van der Waals surface area contributed by atoms with Gasteiger partial charge in [-0.05, 0) is 19.1 Å². The van der Waals surface area contributed by atoms with Gasteiger partial charge in [-0.25, -0.2) is 4.98 Å². The molecular weight excluding hydrogens is 232 g/mol. The second kappa shape index (κ2) is 4.93. The summed E-state index contributed by atoms with van der Waals surface area (Å²) in [5.74, 6) is -0.179. The van der Waals surface area contributed by atoms with Crippen LogP contribution in [-0.4, -0.2) is 10.9 Å². The maximum absolute atomic E-state index is 11.8. The Bertz CT molecular complexity index is 565. The highest BCUT2D eigenvalue weighted by Crippen LogP contribution is 2.25. The Morgan fingerprint density at radius 2 is 2.24 bits per heavy atom. The van der Waals surface area contributed by atoms with Gasteiger partial charge in [-0.3, -0.25) is 10.1 Å². The molecule has 0 fully saturated rings. The van der Waals surface area contributed by atoms with E-state index in [1.165, 1.54) is 17.4 Å². The molecule has 1 aromatic heterocycles. The monoisotopic (exact) mass is 244 g/mol. The minimum absolute atomic E-state index is 0.179. The first-order chi connectivity index (χ1) is 8.24. The van der Waals surface area contributed by atoms with Crippen LogP contribution in [0.25, 0.3) is 10.2 Å². The lowest BCUT2D eigenvalue weighted by Gasteiger charge is -2.00. The Kier molecular flexibility index (Phi) is 3.35. The number of hydrogen-bond acceptors (Lipinski definition) is 3. The van der Waals surface area contributed by atoms with Crippen molar-refractivity contribution < 1.29 is 4.79 Å². The number of carbonyl (C=O) groups excluding carboxylic acids is 1. The van der Waals surface area contributed by atoms with Gasteiger partial charge in [0.05, 0.1) is 10.2 Å². The fraction of sp³-hybridized carbons (Fsp3) is 0.0769. The molecule has 0 radical (unpaired) electrons. The van der Waals surface area contributed by atoms with Crippen LogP contribution in [0, 0.1) is 0 Å². The van der Waals surface area contributed by atoms with E-state index in [1.807, 2.05) is 24.3 Å². The van der Waals surface area contributed by atoms with Gasteiger partial charge in [0.25, 0.3) is 5.91 Å². The molecule has 0 aliphatic carbocycles. The summed E-state index contributed by atoms with van der Waals surface area (Å²) in [6.45, 7) is 5.39. The molecule has 1 aromatic carbocycles. The Hall–Kier alpha value is -1.94. The SMILES string of the molecule is C=C/C(=C\C)C(=O)Nc1nc2ccccc2s1. The summed E-state index contributed by atoms with van der Waals surface area (Å²) >= 11 is 1.46. The van der Waals surface area contributed by atoms with Gasteiger partial charge >= 0.3 is 0 Å². The first-order valence-electron chi connectivity index (χ1n) is 5.20. The van der Waals surface area contributed by atoms with Crippen LogP contribution in [0.2, 0.25) is 0 Å². The third-order valence-electron chi connectivity index (χ3n) is 2.31. The molecule has 17 heavy (non-hydrogen) atoms. The van der Waals surface area contributed by atoms with Gasteiger partial charge in [-0.1, -0.05) is 42.2 Å². The van der Waals surface area contributed by atoms with Crippen LogP contribution >= 0.6 is 11.3 Å². The molecule has 0 spiro atoms. The number of rotatable bonds is 3. The van der Waals surface area contributed by atoms with Crippen molar-refractivity contribution >= 4 is 32.6 Å². The molecule has 0 saturated heterocycles. The van der Waals surface area contributed by atoms with Crippen LogP contribution in [0.4, 0.5) is 5.13 Å². The number of hydrogen-bond donors (Lipinski definition) is 1. The Balaban J connectivity index is 2.24. The van der Waals surface area contributed by atoms with E-state index in [0.717, 1.165) is 10.2 Å². The van der Waals surface area contributed by atoms with Crippen molar-refractivity contribution in [1.82, 2.24) is 4.98 Å². The fourth-order valence-corrected chi connectivity index (χ4v) is 2.30. The summed E-state index contributed by atoms with van der Waals surface area (Å²) in [6.07, 6.45) is 3.25. The van der Waals surface area contributed by atoms with E-state index in [-0.39, 0.29) is 5.91 Å².